The number of nitrogens with two attached hydrogens (primary N) is 1. The van der Waals surface area contributed by atoms with Crippen LogP contribution in [-0.2, 0) is 19.5 Å². The van der Waals surface area contributed by atoms with Gasteiger partial charge in [-0.15, -0.1) is 0 Å². The summed E-state index contributed by atoms with van der Waals surface area (Å²) in [5.41, 5.74) is 11.9. The van der Waals surface area contributed by atoms with E-state index in [4.69, 9.17) is 15.0 Å². The fourth-order valence-corrected chi connectivity index (χ4v) is 5.34. The third kappa shape index (κ3) is 3.76. The van der Waals surface area contributed by atoms with Gasteiger partial charge in [-0.25, -0.2) is 0 Å². The summed E-state index contributed by atoms with van der Waals surface area (Å²) in [7, 11) is 0. The fraction of sp³-hybridized carbons (Fsp3) is 0.240. The molecule has 0 saturated carbocycles. The molecule has 8 nitrogen and oxygen atoms in total. The first-order valence-corrected chi connectivity index (χ1v) is 12.1. The molecule has 0 saturated heterocycles. The largest absolute Gasteiger partial charge is 0.492 e. The van der Waals surface area contributed by atoms with E-state index in [1.807, 2.05) is 23.1 Å². The molecule has 3 N–H and O–H groups in total. The monoisotopic (exact) mass is 472 g/mol. The third-order valence-corrected chi connectivity index (χ3v) is 6.88. The zero-order chi connectivity index (χ0) is 23.1. The number of hydrogen-bond acceptors (Lipinski definition) is 8. The number of hydrogen-bond donors (Lipinski definition) is 2. The average molecular weight is 473 g/mol. The highest BCUT2D eigenvalue weighted by Crippen LogP contribution is 2.42. The second kappa shape index (κ2) is 8.66. The summed E-state index contributed by atoms with van der Waals surface area (Å²) in [5, 5.41) is 10.8. The van der Waals surface area contributed by atoms with E-state index in [1.165, 1.54) is 23.1 Å². The number of pyridine rings is 1. The number of aromatic nitrogens is 4. The first-order valence-electron chi connectivity index (χ1n) is 11.3. The molecule has 0 amide bonds. The Morgan fingerprint density at radius 3 is 3.09 bits per heavy atom. The van der Waals surface area contributed by atoms with Crippen molar-refractivity contribution < 1.29 is 9.26 Å². The minimum Gasteiger partial charge on any atom is -0.492 e. The van der Waals surface area contributed by atoms with Crippen LogP contribution in [0.1, 0.15) is 28.7 Å². The third-order valence-electron chi connectivity index (χ3n) is 6.06. The molecule has 1 aliphatic heterocycles. The molecule has 5 aromatic rings. The molecule has 6 rings (SSSR count). The number of anilines is 1. The van der Waals surface area contributed by atoms with Gasteiger partial charge in [0.05, 0.1) is 29.8 Å². The van der Waals surface area contributed by atoms with Crippen LogP contribution in [-0.4, -0.2) is 26.5 Å². The molecule has 3 aromatic heterocycles. The Kier molecular flexibility index (Phi) is 5.35. The van der Waals surface area contributed by atoms with Crippen molar-refractivity contribution in [2.24, 2.45) is 5.73 Å². The molecule has 0 unspecified atom stereocenters. The molecule has 172 valence electrons. The highest BCUT2D eigenvalue weighted by Gasteiger charge is 2.24. The molecule has 0 aliphatic carbocycles. The lowest BCUT2D eigenvalue weighted by atomic mass is 9.97. The molecular weight excluding hydrogens is 448 g/mol. The Morgan fingerprint density at radius 1 is 1.26 bits per heavy atom. The zero-order valence-electron chi connectivity index (χ0n) is 18.7. The van der Waals surface area contributed by atoms with Gasteiger partial charge >= 0.3 is 0 Å². The first-order chi connectivity index (χ1) is 16.7. The van der Waals surface area contributed by atoms with E-state index in [0.717, 1.165) is 50.9 Å². The normalized spacial score (nSPS) is 13.2. The van der Waals surface area contributed by atoms with Gasteiger partial charge in [0, 0.05) is 35.5 Å². The van der Waals surface area contributed by atoms with Gasteiger partial charge in [-0.1, -0.05) is 11.2 Å². The summed E-state index contributed by atoms with van der Waals surface area (Å²) < 4.78 is 17.2. The highest BCUT2D eigenvalue weighted by atomic mass is 32.2. The molecule has 4 heterocycles. The Hall–Kier alpha value is -3.56. The van der Waals surface area contributed by atoms with Gasteiger partial charge in [0.25, 0.3) is 0 Å². The maximum atomic E-state index is 6.17. The standard InChI is InChI=1S/C25H24N6O2S/c1-15-8-17-4-2-6-27-23(17)21(9-15)34-30-25-22-20(33-29-25)10-18(19-5-3-7-32-24(19)22)14-31-13-16(11-26)12-28-31/h2,4,6,8-10,12-13H,3,5,7,11,14,26H2,1H3,(H,29,30). The summed E-state index contributed by atoms with van der Waals surface area (Å²) >= 11 is 1.48. The maximum Gasteiger partial charge on any atom is 0.191 e. The quantitative estimate of drug-likeness (QED) is 0.339. The maximum absolute atomic E-state index is 6.17. The van der Waals surface area contributed by atoms with Gasteiger partial charge < -0.3 is 19.7 Å². The van der Waals surface area contributed by atoms with E-state index < -0.39 is 0 Å². The van der Waals surface area contributed by atoms with E-state index >= 15 is 0 Å². The van der Waals surface area contributed by atoms with Gasteiger partial charge in [0.2, 0.25) is 0 Å². The molecule has 9 heteroatoms. The predicted octanol–water partition coefficient (Wildman–Crippen LogP) is 4.83. The number of nitrogens with one attached hydrogen (secondary N) is 1. The van der Waals surface area contributed by atoms with Crippen LogP contribution in [0.4, 0.5) is 5.82 Å². The number of benzene rings is 2. The SMILES string of the molecule is Cc1cc(SNc2noc3cc(Cn4cc(CN)cn4)c4c(c23)OCCC4)c2ncccc2c1. The van der Waals surface area contributed by atoms with Crippen LogP contribution in [0.2, 0.25) is 0 Å². The van der Waals surface area contributed by atoms with Crippen LogP contribution in [0, 0.1) is 6.92 Å². The van der Waals surface area contributed by atoms with E-state index in [0.29, 0.717) is 31.1 Å². The topological polar surface area (TPSA) is 104 Å². The van der Waals surface area contributed by atoms with E-state index in [-0.39, 0.29) is 0 Å². The molecule has 1 aliphatic rings. The molecule has 2 aromatic carbocycles. The van der Waals surface area contributed by atoms with Crippen molar-refractivity contribution in [1.29, 1.82) is 0 Å². The summed E-state index contributed by atoms with van der Waals surface area (Å²) in [4.78, 5) is 5.60. The van der Waals surface area contributed by atoms with Crippen molar-refractivity contribution in [1.82, 2.24) is 19.9 Å². The highest BCUT2D eigenvalue weighted by molar-refractivity contribution is 8.00. The van der Waals surface area contributed by atoms with Crippen LogP contribution < -0.4 is 15.2 Å². The van der Waals surface area contributed by atoms with Crippen LogP contribution in [0.3, 0.4) is 0 Å². The Morgan fingerprint density at radius 2 is 2.21 bits per heavy atom. The first kappa shape index (κ1) is 21.0. The second-order valence-corrected chi connectivity index (χ2v) is 9.34. The van der Waals surface area contributed by atoms with Crippen molar-refractivity contribution in [3.63, 3.8) is 0 Å². The molecule has 0 bridgehead atoms. The molecule has 0 atom stereocenters. The summed E-state index contributed by atoms with van der Waals surface area (Å²) in [6.45, 7) is 3.86. The second-order valence-electron chi connectivity index (χ2n) is 8.49. The van der Waals surface area contributed by atoms with Crippen molar-refractivity contribution in [3.05, 3.63) is 71.2 Å². The summed E-state index contributed by atoms with van der Waals surface area (Å²) in [5.74, 6) is 1.50. The van der Waals surface area contributed by atoms with Crippen LogP contribution >= 0.6 is 11.9 Å². The number of fused-ring (bicyclic) bond motifs is 4. The van der Waals surface area contributed by atoms with Gasteiger partial charge in [-0.05, 0) is 67.1 Å². The predicted molar refractivity (Wildman–Crippen MR) is 133 cm³/mol. The van der Waals surface area contributed by atoms with Crippen molar-refractivity contribution in [2.75, 3.05) is 11.3 Å². The smallest absolute Gasteiger partial charge is 0.191 e. The Labute approximate surface area is 200 Å². The van der Waals surface area contributed by atoms with Crippen molar-refractivity contribution in [2.45, 2.75) is 37.8 Å². The summed E-state index contributed by atoms with van der Waals surface area (Å²) in [6.07, 6.45) is 7.51. The van der Waals surface area contributed by atoms with Crippen molar-refractivity contribution in [3.8, 4) is 5.75 Å². The molecular formula is C25H24N6O2S. The van der Waals surface area contributed by atoms with Gasteiger partial charge in [0.1, 0.15) is 11.1 Å². The number of rotatable bonds is 6. The van der Waals surface area contributed by atoms with Crippen molar-refractivity contribution >= 4 is 39.6 Å². The van der Waals surface area contributed by atoms with E-state index in [2.05, 4.69) is 51.2 Å². The van der Waals surface area contributed by atoms with E-state index in [1.54, 1.807) is 6.20 Å². The lowest BCUT2D eigenvalue weighted by Gasteiger charge is -2.21. The number of aryl methyl sites for hydroxylation is 1. The molecule has 34 heavy (non-hydrogen) atoms. The Bertz CT molecular complexity index is 1510. The molecule has 0 fully saturated rings. The van der Waals surface area contributed by atoms with Crippen LogP contribution in [0.25, 0.3) is 21.9 Å². The van der Waals surface area contributed by atoms with Crippen LogP contribution in [0.5, 0.6) is 5.75 Å². The number of ether oxygens (including phenoxy) is 1. The lowest BCUT2D eigenvalue weighted by Crippen LogP contribution is -2.13. The van der Waals surface area contributed by atoms with Crippen LogP contribution in [0.15, 0.2) is 58.3 Å². The Balaban J connectivity index is 1.36. The molecule has 0 spiro atoms. The minimum atomic E-state index is 0.473. The van der Waals surface area contributed by atoms with Gasteiger partial charge in [-0.3, -0.25) is 9.67 Å². The zero-order valence-corrected chi connectivity index (χ0v) is 19.6. The average Bonchev–Trinajstić information content (AvgIpc) is 3.49. The number of nitrogens with zero attached hydrogens (tertiary/aromatic N) is 4. The minimum absolute atomic E-state index is 0.473. The fourth-order valence-electron chi connectivity index (χ4n) is 4.49. The lowest BCUT2D eigenvalue weighted by molar-refractivity contribution is 0.291. The van der Waals surface area contributed by atoms with E-state index in [9.17, 15) is 0 Å². The summed E-state index contributed by atoms with van der Waals surface area (Å²) in [6, 6.07) is 10.3. The molecule has 0 radical (unpaired) electrons. The van der Waals surface area contributed by atoms with Gasteiger partial charge in [0.15, 0.2) is 11.4 Å². The van der Waals surface area contributed by atoms with Gasteiger partial charge in [-0.2, -0.15) is 5.10 Å².